The Bertz CT molecular complexity index is 1550. The minimum absolute atomic E-state index is 0.128. The largest absolute Gasteiger partial charge is 0.545 e. The molecule has 9 nitrogen and oxygen atoms in total. The number of carbonyl (C=O) groups is 3. The van der Waals surface area contributed by atoms with Crippen molar-refractivity contribution in [1.82, 2.24) is 0 Å². The quantitative estimate of drug-likeness (QED) is 0.0195. The van der Waals surface area contributed by atoms with Gasteiger partial charge in [0.25, 0.3) is 0 Å². The van der Waals surface area contributed by atoms with E-state index in [-0.39, 0.29) is 32.7 Å². The molecule has 0 aliphatic rings. The Morgan fingerprint density at radius 2 is 0.806 bits per heavy atom. The van der Waals surface area contributed by atoms with E-state index in [1.807, 2.05) is 21.1 Å². The van der Waals surface area contributed by atoms with Crippen LogP contribution in [-0.2, 0) is 33.3 Å². The molecular weight excluding hydrogens is 839 g/mol. The van der Waals surface area contributed by atoms with Crippen LogP contribution in [0.5, 0.6) is 0 Å². The average Bonchev–Trinajstić information content (AvgIpc) is 3.29. The molecule has 9 heteroatoms. The molecule has 2 unspecified atom stereocenters. The van der Waals surface area contributed by atoms with E-state index in [0.717, 1.165) is 116 Å². The molecule has 0 fully saturated rings. The Morgan fingerprint density at radius 1 is 0.448 bits per heavy atom. The highest BCUT2D eigenvalue weighted by molar-refractivity contribution is 5.70. The van der Waals surface area contributed by atoms with Gasteiger partial charge in [0.2, 0.25) is 0 Å². The molecule has 0 bridgehead atoms. The summed E-state index contributed by atoms with van der Waals surface area (Å²) in [4.78, 5) is 37.2. The van der Waals surface area contributed by atoms with Gasteiger partial charge in [-0.1, -0.05) is 167 Å². The number of allylic oxidation sites excluding steroid dienone is 22. The fraction of sp³-hybridized carbons (Fsp3) is 0.569. The first-order valence-corrected chi connectivity index (χ1v) is 25.3. The summed E-state index contributed by atoms with van der Waals surface area (Å²) in [6, 6.07) is 0. The van der Waals surface area contributed by atoms with Gasteiger partial charge in [-0.15, -0.1) is 0 Å². The fourth-order valence-corrected chi connectivity index (χ4v) is 6.03. The highest BCUT2D eigenvalue weighted by atomic mass is 16.7. The number of quaternary nitrogens is 1. The third kappa shape index (κ3) is 49.2. The van der Waals surface area contributed by atoms with Gasteiger partial charge in [-0.05, 0) is 109 Å². The number of hydrogen-bond donors (Lipinski definition) is 0. The number of unbranched alkanes of at least 4 members (excludes halogenated alkanes) is 7. The van der Waals surface area contributed by atoms with E-state index in [2.05, 4.69) is 148 Å². The van der Waals surface area contributed by atoms with Crippen molar-refractivity contribution in [3.63, 3.8) is 0 Å². The van der Waals surface area contributed by atoms with Gasteiger partial charge in [0, 0.05) is 12.8 Å². The zero-order valence-electron chi connectivity index (χ0n) is 42.5. The number of aliphatic carboxylic acids is 1. The maximum absolute atomic E-state index is 12.8. The van der Waals surface area contributed by atoms with E-state index in [9.17, 15) is 19.5 Å². The van der Waals surface area contributed by atoms with E-state index in [4.69, 9.17) is 18.9 Å². The topological polar surface area (TPSA) is 111 Å². The number of carboxylic acids is 1. The molecule has 0 saturated carbocycles. The molecule has 0 aliphatic carbocycles. The molecule has 67 heavy (non-hydrogen) atoms. The van der Waals surface area contributed by atoms with Gasteiger partial charge in [-0.2, -0.15) is 0 Å². The zero-order chi connectivity index (χ0) is 49.2. The number of carboxylic acid groups (broad SMARTS) is 1. The summed E-state index contributed by atoms with van der Waals surface area (Å²) in [5.41, 5.74) is 0. The molecule has 0 radical (unpaired) electrons. The lowest BCUT2D eigenvalue weighted by Crippen LogP contribution is -2.44. The minimum atomic E-state index is -1.65. The number of ether oxygens (including phenoxy) is 4. The molecule has 0 saturated heterocycles. The molecule has 0 rings (SSSR count). The van der Waals surface area contributed by atoms with Gasteiger partial charge in [0.05, 0.1) is 40.3 Å². The molecule has 0 heterocycles. The predicted octanol–water partition coefficient (Wildman–Crippen LogP) is 13.0. The van der Waals surface area contributed by atoms with Crippen molar-refractivity contribution in [1.29, 1.82) is 0 Å². The lowest BCUT2D eigenvalue weighted by Gasteiger charge is -2.26. The predicted molar refractivity (Wildman–Crippen MR) is 278 cm³/mol. The number of esters is 2. The van der Waals surface area contributed by atoms with Gasteiger partial charge in [0.15, 0.2) is 12.4 Å². The molecule has 376 valence electrons. The fourth-order valence-electron chi connectivity index (χ4n) is 6.03. The normalized spacial score (nSPS) is 14.0. The number of rotatable bonds is 44. The lowest BCUT2D eigenvalue weighted by atomic mass is 10.1. The first-order valence-electron chi connectivity index (χ1n) is 25.3. The van der Waals surface area contributed by atoms with Crippen molar-refractivity contribution in [3.05, 3.63) is 134 Å². The molecule has 0 aromatic heterocycles. The van der Waals surface area contributed by atoms with Gasteiger partial charge in [-0.3, -0.25) is 9.59 Å². The maximum atomic E-state index is 12.8. The molecule has 0 aromatic rings. The average molecular weight is 930 g/mol. The summed E-state index contributed by atoms with van der Waals surface area (Å²) in [7, 11) is 5.88. The number of likely N-dealkylation sites (N-methyl/N-ethyl adjacent to an activating group) is 1. The van der Waals surface area contributed by atoms with Crippen LogP contribution in [0.15, 0.2) is 134 Å². The number of hydrogen-bond acceptors (Lipinski definition) is 8. The summed E-state index contributed by atoms with van der Waals surface area (Å²) < 4.78 is 22.5. The van der Waals surface area contributed by atoms with Crippen molar-refractivity contribution in [2.24, 2.45) is 0 Å². The van der Waals surface area contributed by atoms with Crippen LogP contribution in [0.4, 0.5) is 0 Å². The Hall–Kier alpha value is -4.57. The van der Waals surface area contributed by atoms with Gasteiger partial charge in [-0.25, -0.2) is 0 Å². The van der Waals surface area contributed by atoms with Crippen LogP contribution >= 0.6 is 0 Å². The second-order valence-corrected chi connectivity index (χ2v) is 17.3. The summed E-state index contributed by atoms with van der Waals surface area (Å²) in [6.45, 7) is 4.41. The molecule has 2 atom stereocenters. The molecular formula is C58H91NO8. The van der Waals surface area contributed by atoms with Crippen LogP contribution in [0, 0.1) is 0 Å². The minimum Gasteiger partial charge on any atom is -0.545 e. The van der Waals surface area contributed by atoms with Crippen LogP contribution in [0.1, 0.15) is 155 Å². The molecule has 0 aliphatic heterocycles. The second kappa shape index (κ2) is 47.9. The van der Waals surface area contributed by atoms with E-state index < -0.39 is 30.3 Å². The number of nitrogens with zero attached hydrogens (tertiary/aromatic N) is 1. The van der Waals surface area contributed by atoms with Crippen LogP contribution in [0.25, 0.3) is 0 Å². The lowest BCUT2D eigenvalue weighted by molar-refractivity contribution is -0.870. The zero-order valence-corrected chi connectivity index (χ0v) is 42.5. The monoisotopic (exact) mass is 930 g/mol. The van der Waals surface area contributed by atoms with Crippen LogP contribution in [0.3, 0.4) is 0 Å². The molecule has 0 aromatic carbocycles. The second-order valence-electron chi connectivity index (χ2n) is 17.3. The van der Waals surface area contributed by atoms with E-state index in [1.165, 1.54) is 0 Å². The summed E-state index contributed by atoms with van der Waals surface area (Å²) in [5.74, 6) is -2.39. The van der Waals surface area contributed by atoms with Crippen LogP contribution < -0.4 is 5.11 Å². The highest BCUT2D eigenvalue weighted by Gasteiger charge is 2.21. The standard InChI is InChI=1S/C58H91NO8/c1-6-8-10-12-14-16-18-20-22-24-26-27-28-29-31-33-35-37-39-41-43-45-47-49-56(61)67-54(53-66-58(57(62)63)64-51-50-59(3,4)5)52-65-55(60)48-46-44-42-40-38-36-34-32-30-25-23-21-19-17-15-13-11-9-7-2/h8-11,14-17,20-23,26-27,29-32,35-38,54,58H,6-7,12-13,18-19,24-25,28,33-34,39-53H2,1-5H3/b10-8-,11-9-,16-14-,17-15-,22-20-,23-21-,27-26-,31-29-,32-30-,37-35-,38-36-. The van der Waals surface area contributed by atoms with Crippen molar-refractivity contribution < 1.29 is 42.9 Å². The van der Waals surface area contributed by atoms with Crippen LogP contribution in [-0.4, -0.2) is 82.3 Å². The third-order valence-corrected chi connectivity index (χ3v) is 9.89. The Morgan fingerprint density at radius 3 is 1.19 bits per heavy atom. The van der Waals surface area contributed by atoms with Gasteiger partial charge in [0.1, 0.15) is 13.2 Å². The Balaban J connectivity index is 4.51. The van der Waals surface area contributed by atoms with E-state index in [0.29, 0.717) is 23.9 Å². The SMILES string of the molecule is CC/C=C\C/C=C\C/C=C\C/C=C\C/C=C\C/C=C\CCCCCCC(=O)OC(COC(=O)CCCCC/C=C\C/C=C\C/C=C\C/C=C\C/C=C\CC)COC(OCC[N+](C)(C)C)C(=O)[O-]. The molecule has 0 spiro atoms. The summed E-state index contributed by atoms with van der Waals surface area (Å²) in [6.07, 6.45) is 64.8. The molecule has 0 amide bonds. The molecule has 0 N–H and O–H groups in total. The highest BCUT2D eigenvalue weighted by Crippen LogP contribution is 2.11. The first kappa shape index (κ1) is 62.4. The maximum Gasteiger partial charge on any atom is 0.306 e. The summed E-state index contributed by atoms with van der Waals surface area (Å²) in [5, 5.41) is 11.7. The Labute approximate surface area is 408 Å². The third-order valence-electron chi connectivity index (χ3n) is 9.89. The van der Waals surface area contributed by atoms with E-state index in [1.54, 1.807) is 0 Å². The Kier molecular flexibility index (Phi) is 44.6. The first-order chi connectivity index (χ1) is 32.6. The summed E-state index contributed by atoms with van der Waals surface area (Å²) >= 11 is 0. The van der Waals surface area contributed by atoms with Crippen molar-refractivity contribution in [3.8, 4) is 0 Å². The van der Waals surface area contributed by atoms with Gasteiger partial charge < -0.3 is 33.3 Å². The van der Waals surface area contributed by atoms with E-state index >= 15 is 0 Å². The van der Waals surface area contributed by atoms with Crippen molar-refractivity contribution in [2.75, 3.05) is 47.5 Å². The smallest absolute Gasteiger partial charge is 0.306 e. The van der Waals surface area contributed by atoms with Crippen LogP contribution in [0.2, 0.25) is 0 Å². The van der Waals surface area contributed by atoms with Gasteiger partial charge >= 0.3 is 11.9 Å². The van der Waals surface area contributed by atoms with Crippen molar-refractivity contribution >= 4 is 17.9 Å². The van der Waals surface area contributed by atoms with Crippen molar-refractivity contribution in [2.45, 2.75) is 167 Å². The number of carbonyl (C=O) groups excluding carboxylic acids is 3.